The van der Waals surface area contributed by atoms with Crippen molar-refractivity contribution < 1.29 is 9.53 Å². The van der Waals surface area contributed by atoms with E-state index in [2.05, 4.69) is 50.3 Å². The molecule has 2 fully saturated rings. The van der Waals surface area contributed by atoms with Gasteiger partial charge in [-0.3, -0.25) is 4.68 Å². The molecule has 1 spiro atoms. The Balaban J connectivity index is 1.30. The summed E-state index contributed by atoms with van der Waals surface area (Å²) in [6, 6.07) is 12.5. The quantitative estimate of drug-likeness (QED) is 0.541. The van der Waals surface area contributed by atoms with Gasteiger partial charge >= 0.3 is 6.09 Å². The molecule has 32 heavy (non-hydrogen) atoms. The number of hydrogen-bond acceptors (Lipinski definition) is 4. The van der Waals surface area contributed by atoms with E-state index in [4.69, 9.17) is 9.84 Å². The number of carbonyl (C=O) groups excluding carboxylic acids is 1. The van der Waals surface area contributed by atoms with Crippen LogP contribution in [0.15, 0.2) is 36.4 Å². The summed E-state index contributed by atoms with van der Waals surface area (Å²) in [6.07, 6.45) is 4.29. The van der Waals surface area contributed by atoms with Crippen LogP contribution in [0.1, 0.15) is 70.7 Å². The molecular formula is C26H38N4O2. The molecule has 1 aliphatic carbocycles. The van der Waals surface area contributed by atoms with E-state index in [1.54, 1.807) is 0 Å². The molecule has 1 saturated heterocycles. The normalized spacial score (nSPS) is 17.7. The summed E-state index contributed by atoms with van der Waals surface area (Å²) < 4.78 is 7.71. The average Bonchev–Trinajstić information content (AvgIpc) is 3.06. The van der Waals surface area contributed by atoms with E-state index in [0.717, 1.165) is 50.3 Å². The molecule has 0 atom stereocenters. The minimum absolute atomic E-state index is 0.102. The summed E-state index contributed by atoms with van der Waals surface area (Å²) in [5.74, 6) is 1.09. The Morgan fingerprint density at radius 3 is 2.53 bits per heavy atom. The monoisotopic (exact) mass is 438 g/mol. The molecule has 1 aromatic carbocycles. The highest BCUT2D eigenvalue weighted by atomic mass is 16.6. The van der Waals surface area contributed by atoms with Gasteiger partial charge in [0.2, 0.25) is 0 Å². The van der Waals surface area contributed by atoms with Gasteiger partial charge in [0.15, 0.2) is 5.82 Å². The molecule has 6 heteroatoms. The van der Waals surface area contributed by atoms with Crippen molar-refractivity contribution in [2.75, 3.05) is 24.5 Å². The number of anilines is 1. The van der Waals surface area contributed by atoms with Crippen LogP contribution in [0.4, 0.5) is 10.6 Å². The number of hydrogen-bond donors (Lipinski definition) is 0. The Bertz CT molecular complexity index is 923. The lowest BCUT2D eigenvalue weighted by atomic mass is 9.61. The molecule has 1 saturated carbocycles. The summed E-state index contributed by atoms with van der Waals surface area (Å²) in [5, 5.41) is 5.03. The van der Waals surface area contributed by atoms with Crippen LogP contribution < -0.4 is 4.90 Å². The number of benzene rings is 1. The maximum atomic E-state index is 12.4. The molecule has 2 aliphatic rings. The predicted octanol–water partition coefficient (Wildman–Crippen LogP) is 5.57. The number of ether oxygens (including phenoxy) is 1. The fraction of sp³-hybridized carbons (Fsp3) is 0.615. The fourth-order valence-corrected chi connectivity index (χ4v) is 5.69. The van der Waals surface area contributed by atoms with Crippen molar-refractivity contribution >= 4 is 11.9 Å². The van der Waals surface area contributed by atoms with Crippen LogP contribution >= 0.6 is 0 Å². The molecule has 6 nitrogen and oxygen atoms in total. The highest BCUT2D eigenvalue weighted by Gasteiger charge is 2.55. The number of rotatable bonds is 8. The molecule has 0 N–H and O–H groups in total. The first kappa shape index (κ1) is 22.7. The Morgan fingerprint density at radius 2 is 1.91 bits per heavy atom. The third-order valence-corrected chi connectivity index (χ3v) is 7.29. The number of aryl methyl sites for hydroxylation is 1. The van der Waals surface area contributed by atoms with Gasteiger partial charge in [-0.15, -0.1) is 0 Å². The van der Waals surface area contributed by atoms with Crippen molar-refractivity contribution in [2.45, 2.75) is 78.5 Å². The van der Waals surface area contributed by atoms with Crippen LogP contribution in [-0.4, -0.2) is 45.9 Å². The highest BCUT2D eigenvalue weighted by Crippen LogP contribution is 2.54. The van der Waals surface area contributed by atoms with E-state index in [9.17, 15) is 4.79 Å². The molecule has 2 aromatic rings. The van der Waals surface area contributed by atoms with E-state index in [0.29, 0.717) is 12.6 Å². The molecule has 1 amide bonds. The number of amides is 1. The van der Waals surface area contributed by atoms with Crippen LogP contribution in [0, 0.1) is 12.3 Å². The summed E-state index contributed by atoms with van der Waals surface area (Å²) in [4.78, 5) is 16.6. The maximum absolute atomic E-state index is 12.4. The van der Waals surface area contributed by atoms with E-state index in [-0.39, 0.29) is 17.0 Å². The minimum Gasteiger partial charge on any atom is -0.445 e. The first-order chi connectivity index (χ1) is 15.3. The number of likely N-dealkylation sites (tertiary alicyclic amines) is 1. The van der Waals surface area contributed by atoms with Crippen molar-refractivity contribution in [1.29, 1.82) is 0 Å². The summed E-state index contributed by atoms with van der Waals surface area (Å²) in [6.45, 7) is 14.1. The minimum atomic E-state index is -0.197. The molecule has 1 aliphatic heterocycles. The molecule has 174 valence electrons. The van der Waals surface area contributed by atoms with Crippen molar-refractivity contribution in [3.63, 3.8) is 0 Å². The molecule has 0 unspecified atom stereocenters. The van der Waals surface area contributed by atoms with E-state index < -0.39 is 0 Å². The largest absolute Gasteiger partial charge is 0.445 e. The fourth-order valence-electron chi connectivity index (χ4n) is 5.69. The Labute approximate surface area is 192 Å². The predicted molar refractivity (Wildman–Crippen MR) is 128 cm³/mol. The van der Waals surface area contributed by atoms with Gasteiger partial charge in [-0.25, -0.2) is 4.79 Å². The second kappa shape index (κ2) is 8.80. The van der Waals surface area contributed by atoms with Gasteiger partial charge in [0.05, 0.1) is 6.04 Å². The number of carbonyl (C=O) groups is 1. The van der Waals surface area contributed by atoms with Gasteiger partial charge in [0, 0.05) is 42.3 Å². The van der Waals surface area contributed by atoms with Crippen LogP contribution in [0.25, 0.3) is 0 Å². The van der Waals surface area contributed by atoms with E-state index >= 15 is 0 Å². The third kappa shape index (κ3) is 4.37. The smallest absolute Gasteiger partial charge is 0.410 e. The average molecular weight is 439 g/mol. The van der Waals surface area contributed by atoms with Gasteiger partial charge in [-0.05, 0) is 52.5 Å². The number of aromatic nitrogens is 2. The Morgan fingerprint density at radius 1 is 1.22 bits per heavy atom. The van der Waals surface area contributed by atoms with Gasteiger partial charge in [-0.2, -0.15) is 5.10 Å². The zero-order valence-electron chi connectivity index (χ0n) is 20.3. The van der Waals surface area contributed by atoms with E-state index in [1.807, 2.05) is 35.2 Å². The first-order valence-electron chi connectivity index (χ1n) is 12.1. The summed E-state index contributed by atoms with van der Waals surface area (Å²) in [7, 11) is 0. The standard InChI is InChI=1S/C26H38N4O2/c1-6-13-25(4,5)29(7-2)23-14-20(3)30(27-23)22-15-26(16-22)18-28(19-26)24(31)32-17-21-11-9-8-10-12-21/h8-12,14,22H,6-7,13,15-19H2,1-5H3. The number of nitrogens with zero attached hydrogens (tertiary/aromatic N) is 4. The lowest BCUT2D eigenvalue weighted by molar-refractivity contribution is -0.0834. The third-order valence-electron chi connectivity index (χ3n) is 7.29. The van der Waals surface area contributed by atoms with Crippen LogP contribution in [0.5, 0.6) is 0 Å². The van der Waals surface area contributed by atoms with Crippen molar-refractivity contribution in [1.82, 2.24) is 14.7 Å². The van der Waals surface area contributed by atoms with Crippen molar-refractivity contribution in [3.05, 3.63) is 47.7 Å². The van der Waals surface area contributed by atoms with Crippen LogP contribution in [0.2, 0.25) is 0 Å². The van der Waals surface area contributed by atoms with Crippen molar-refractivity contribution in [3.8, 4) is 0 Å². The molecule has 2 heterocycles. The second-order valence-electron chi connectivity index (χ2n) is 10.4. The zero-order valence-corrected chi connectivity index (χ0v) is 20.3. The zero-order chi connectivity index (χ0) is 22.9. The van der Waals surface area contributed by atoms with E-state index in [1.165, 1.54) is 12.1 Å². The summed E-state index contributed by atoms with van der Waals surface area (Å²) in [5.41, 5.74) is 2.60. The van der Waals surface area contributed by atoms with Crippen LogP contribution in [-0.2, 0) is 11.3 Å². The van der Waals surface area contributed by atoms with Gasteiger partial charge in [0.25, 0.3) is 0 Å². The van der Waals surface area contributed by atoms with Gasteiger partial charge < -0.3 is 14.5 Å². The molecule has 4 rings (SSSR count). The lowest BCUT2D eigenvalue weighted by Gasteiger charge is -2.58. The Kier molecular flexibility index (Phi) is 6.24. The van der Waals surface area contributed by atoms with Gasteiger partial charge in [0.1, 0.15) is 6.61 Å². The maximum Gasteiger partial charge on any atom is 0.410 e. The lowest BCUT2D eigenvalue weighted by Crippen LogP contribution is -2.64. The van der Waals surface area contributed by atoms with Crippen LogP contribution in [0.3, 0.4) is 0 Å². The SMILES string of the molecule is CCCC(C)(C)N(CC)c1cc(C)n(C2CC3(C2)CN(C(=O)OCc2ccccc2)C3)n1. The topological polar surface area (TPSA) is 50.6 Å². The molecule has 0 radical (unpaired) electrons. The molecule has 0 bridgehead atoms. The van der Waals surface area contributed by atoms with Crippen molar-refractivity contribution in [2.24, 2.45) is 5.41 Å². The molecule has 1 aromatic heterocycles. The van der Waals surface area contributed by atoms with Gasteiger partial charge in [-0.1, -0.05) is 43.7 Å². The second-order valence-corrected chi connectivity index (χ2v) is 10.4. The first-order valence-corrected chi connectivity index (χ1v) is 12.1. The highest BCUT2D eigenvalue weighted by molar-refractivity contribution is 5.69. The summed E-state index contributed by atoms with van der Waals surface area (Å²) >= 11 is 0. The molecular weight excluding hydrogens is 400 g/mol. The Hall–Kier alpha value is -2.50.